The van der Waals surface area contributed by atoms with Gasteiger partial charge in [0, 0.05) is 30.7 Å². The maximum Gasteiger partial charge on any atom is 0.302 e. The normalized spacial score (nSPS) is 39.7. The molecule has 3 aromatic rings. The van der Waals surface area contributed by atoms with Crippen LogP contribution in [0.15, 0.2) is 51.7 Å². The number of phenols is 2. The first-order valence-corrected chi connectivity index (χ1v) is 20.6. The molecule has 0 aliphatic carbocycles. The highest BCUT2D eigenvalue weighted by Crippen LogP contribution is 2.37. The summed E-state index contributed by atoms with van der Waals surface area (Å²) in [6.45, 7) is 0.142. The molecule has 20 atom stereocenters. The van der Waals surface area contributed by atoms with Crippen LogP contribution in [0.1, 0.15) is 13.8 Å². The number of aromatic hydroxyl groups is 2. The molecule has 4 aliphatic heterocycles. The van der Waals surface area contributed by atoms with Crippen molar-refractivity contribution >= 4 is 16.9 Å². The molecule has 0 amide bonds. The number of fused-ring (bicyclic) bond motifs is 1. The summed E-state index contributed by atoms with van der Waals surface area (Å²) in [6.07, 6.45) is -36.3. The van der Waals surface area contributed by atoms with Gasteiger partial charge < -0.3 is 113 Å². The third-order valence-corrected chi connectivity index (χ3v) is 11.6. The highest BCUT2D eigenvalue weighted by atomic mass is 16.8. The maximum atomic E-state index is 13.2. The van der Waals surface area contributed by atoms with Gasteiger partial charge in [0.25, 0.3) is 0 Å². The molecule has 1 aromatic heterocycles. The predicted molar refractivity (Wildman–Crippen MR) is 212 cm³/mol. The first kappa shape index (κ1) is 49.7. The van der Waals surface area contributed by atoms with Crippen molar-refractivity contribution in [2.45, 2.75) is 137 Å². The standard InChI is InChI=1S/C41H52O25/c1-13-26(47)30(51)34(55)38(59-13)58-12-24-29(50)32(53)36(40(63-24)60-17-7-18(45)25-19(46)9-20(61-21(25)8-17)15-3-5-16(44)6-4-15)66-41-37(33(54)28(49)23(64-41)11-57-14(2)43)65-39-35(56)31(52)27(48)22(10-42)62-39/h3-9,13,22-24,26-42,44-45,47-56H,10-12H2,1-2H3/t13-,22+,23+,24+,26-,27+,28+,29+,30+,31-,32-,33-,34+,35+,36+,37+,38+,39-,40+,41-/m0/s1. The van der Waals surface area contributed by atoms with Crippen LogP contribution in [0, 0.1) is 0 Å². The van der Waals surface area contributed by atoms with Crippen LogP contribution in [-0.4, -0.2) is 215 Å². The number of phenolic OH excluding ortho intramolecular Hbond substituents is 2. The van der Waals surface area contributed by atoms with Gasteiger partial charge in [-0.3, -0.25) is 9.59 Å². The number of carbonyl (C=O) groups excluding carboxylic acids is 1. The lowest BCUT2D eigenvalue weighted by Crippen LogP contribution is -2.67. The van der Waals surface area contributed by atoms with E-state index in [0.717, 1.165) is 25.1 Å². The van der Waals surface area contributed by atoms with Crippen molar-refractivity contribution in [1.29, 1.82) is 0 Å². The molecule has 0 spiro atoms. The molecule has 0 saturated carbocycles. The predicted octanol–water partition coefficient (Wildman–Crippen LogP) is -4.88. The monoisotopic (exact) mass is 944 g/mol. The van der Waals surface area contributed by atoms with E-state index in [9.17, 15) is 76.0 Å². The van der Waals surface area contributed by atoms with E-state index in [1.165, 1.54) is 31.2 Å². The van der Waals surface area contributed by atoms with Crippen LogP contribution >= 0.6 is 0 Å². The van der Waals surface area contributed by atoms with Crippen molar-refractivity contribution in [3.63, 3.8) is 0 Å². The van der Waals surface area contributed by atoms with E-state index in [1.807, 2.05) is 0 Å². The number of rotatable bonds is 13. The van der Waals surface area contributed by atoms with Crippen LogP contribution in [-0.2, 0) is 42.7 Å². The van der Waals surface area contributed by atoms with E-state index in [2.05, 4.69) is 0 Å². The minimum atomic E-state index is -2.12. The zero-order valence-electron chi connectivity index (χ0n) is 34.9. The van der Waals surface area contributed by atoms with Crippen molar-refractivity contribution in [1.82, 2.24) is 0 Å². The fourth-order valence-corrected chi connectivity index (χ4v) is 7.82. The Morgan fingerprint density at radius 3 is 1.83 bits per heavy atom. The Kier molecular flexibility index (Phi) is 15.5. The second kappa shape index (κ2) is 20.6. The number of esters is 1. The highest BCUT2D eigenvalue weighted by Gasteiger charge is 2.55. The summed E-state index contributed by atoms with van der Waals surface area (Å²) in [5, 5.41) is 139. The summed E-state index contributed by atoms with van der Waals surface area (Å²) in [5.41, 5.74) is -0.559. The van der Waals surface area contributed by atoms with Crippen molar-refractivity contribution in [2.24, 2.45) is 0 Å². The molecule has 25 heteroatoms. The van der Waals surface area contributed by atoms with Crippen LogP contribution in [0.25, 0.3) is 22.3 Å². The number of hydrogen-bond acceptors (Lipinski definition) is 25. The van der Waals surface area contributed by atoms with E-state index in [-0.39, 0.29) is 28.2 Å². The van der Waals surface area contributed by atoms with Crippen molar-refractivity contribution in [3.05, 3.63) is 52.7 Å². The Bertz CT molecular complexity index is 2170. The molecule has 5 heterocycles. The molecule has 0 unspecified atom stereocenters. The lowest BCUT2D eigenvalue weighted by atomic mass is 9.96. The summed E-state index contributed by atoms with van der Waals surface area (Å²) < 4.78 is 57.4. The van der Waals surface area contributed by atoms with Gasteiger partial charge in [0.05, 0.1) is 19.3 Å². The van der Waals surface area contributed by atoms with Crippen LogP contribution in [0.4, 0.5) is 0 Å². The van der Waals surface area contributed by atoms with E-state index < -0.39 is 160 Å². The van der Waals surface area contributed by atoms with E-state index in [1.54, 1.807) is 0 Å². The zero-order valence-corrected chi connectivity index (χ0v) is 34.9. The molecule has 0 radical (unpaired) electrons. The quantitative estimate of drug-likeness (QED) is 0.0715. The second-order valence-electron chi connectivity index (χ2n) is 16.2. The Labute approximate surface area is 372 Å². The number of aliphatic hydroxyl groups excluding tert-OH is 11. The zero-order chi connectivity index (χ0) is 47.9. The summed E-state index contributed by atoms with van der Waals surface area (Å²) in [4.78, 5) is 25.0. The molecule has 66 heavy (non-hydrogen) atoms. The third kappa shape index (κ3) is 10.3. The van der Waals surface area contributed by atoms with Gasteiger partial charge in [-0.2, -0.15) is 0 Å². The topological polar surface area (TPSA) is 393 Å². The Balaban J connectivity index is 1.23. The number of ether oxygens (including phenoxy) is 9. The number of hydrogen-bond donors (Lipinski definition) is 13. The fourth-order valence-electron chi connectivity index (χ4n) is 7.82. The fraction of sp³-hybridized carbons (Fsp3) is 0.610. The Hall–Kier alpha value is -4.20. The molecule has 2 aromatic carbocycles. The van der Waals surface area contributed by atoms with Gasteiger partial charge in [0.2, 0.25) is 6.29 Å². The van der Waals surface area contributed by atoms with Crippen molar-refractivity contribution in [3.8, 4) is 28.6 Å². The van der Waals surface area contributed by atoms with Gasteiger partial charge in [-0.15, -0.1) is 0 Å². The SMILES string of the molecule is CC(=O)OC[C@H]1O[C@@H](O[C@H]2[C@H](Oc3cc(O)c4c(=O)cc(-c5ccc(O)cc5)oc4c3)O[C@H](CO[C@@H]3O[C@@H](C)[C@H](O)[C@@H](O)[C@H]3O)[C@@H](O)[C@@H]2O)[C@H](O[C@@H]2O[C@H](CO)[C@@H](O)[C@H](O)[C@H]2O)[C@@H](O)[C@@H]1O. The van der Waals surface area contributed by atoms with Crippen molar-refractivity contribution < 1.29 is 118 Å². The summed E-state index contributed by atoms with van der Waals surface area (Å²) in [5.74, 6) is -1.87. The average molecular weight is 945 g/mol. The van der Waals surface area contributed by atoms with Crippen molar-refractivity contribution in [2.75, 3.05) is 19.8 Å². The van der Waals surface area contributed by atoms with Crippen LogP contribution in [0.3, 0.4) is 0 Å². The first-order chi connectivity index (χ1) is 31.3. The largest absolute Gasteiger partial charge is 0.508 e. The first-order valence-electron chi connectivity index (χ1n) is 20.6. The minimum absolute atomic E-state index is 0.0120. The van der Waals surface area contributed by atoms with E-state index in [0.29, 0.717) is 5.56 Å². The Morgan fingerprint density at radius 2 is 1.18 bits per heavy atom. The molecule has 4 fully saturated rings. The number of aliphatic hydroxyl groups is 11. The van der Waals surface area contributed by atoms with Gasteiger partial charge in [-0.25, -0.2) is 0 Å². The van der Waals surface area contributed by atoms with Crippen LogP contribution < -0.4 is 10.2 Å². The average Bonchev–Trinajstić information content (AvgIpc) is 3.28. The lowest BCUT2D eigenvalue weighted by Gasteiger charge is -2.48. The van der Waals surface area contributed by atoms with Gasteiger partial charge >= 0.3 is 5.97 Å². The third-order valence-electron chi connectivity index (χ3n) is 11.6. The second-order valence-corrected chi connectivity index (χ2v) is 16.2. The maximum absolute atomic E-state index is 13.2. The number of carbonyl (C=O) groups is 1. The molecule has 0 bridgehead atoms. The van der Waals surface area contributed by atoms with Gasteiger partial charge in [-0.1, -0.05) is 0 Å². The van der Waals surface area contributed by atoms with Crippen LogP contribution in [0.2, 0.25) is 0 Å². The highest BCUT2D eigenvalue weighted by molar-refractivity contribution is 5.86. The molecular formula is C41H52O25. The molecule has 7 rings (SSSR count). The molecule has 13 N–H and O–H groups in total. The molecule has 25 nitrogen and oxygen atoms in total. The molecular weight excluding hydrogens is 892 g/mol. The molecule has 4 aliphatic rings. The summed E-state index contributed by atoms with van der Waals surface area (Å²) in [6, 6.07) is 8.84. The van der Waals surface area contributed by atoms with E-state index >= 15 is 0 Å². The summed E-state index contributed by atoms with van der Waals surface area (Å²) in [7, 11) is 0. The number of benzene rings is 2. The smallest absolute Gasteiger partial charge is 0.302 e. The molecule has 4 saturated heterocycles. The summed E-state index contributed by atoms with van der Waals surface area (Å²) >= 11 is 0. The lowest BCUT2D eigenvalue weighted by molar-refractivity contribution is -0.390. The van der Waals surface area contributed by atoms with Crippen LogP contribution in [0.5, 0.6) is 17.2 Å². The van der Waals surface area contributed by atoms with Gasteiger partial charge in [0.15, 0.2) is 30.4 Å². The Morgan fingerprint density at radius 1 is 0.621 bits per heavy atom. The van der Waals surface area contributed by atoms with E-state index in [4.69, 9.17) is 47.0 Å². The minimum Gasteiger partial charge on any atom is -0.508 e. The van der Waals surface area contributed by atoms with Gasteiger partial charge in [0.1, 0.15) is 126 Å². The van der Waals surface area contributed by atoms with Gasteiger partial charge in [-0.05, 0) is 31.2 Å². The molecule has 366 valence electrons.